The largest absolute Gasteiger partial charge is 0.489 e. The Bertz CT molecular complexity index is 1450. The lowest BCUT2D eigenvalue weighted by Crippen LogP contribution is -2.18. The molecule has 0 saturated carbocycles. The van der Waals surface area contributed by atoms with Crippen molar-refractivity contribution in [3.05, 3.63) is 83.6 Å². The highest BCUT2D eigenvalue weighted by Gasteiger charge is 2.27. The number of nitrogens with zero attached hydrogens (tertiary/aromatic N) is 4. The fourth-order valence-corrected chi connectivity index (χ4v) is 4.81. The summed E-state index contributed by atoms with van der Waals surface area (Å²) >= 11 is 0. The zero-order valence-electron chi connectivity index (χ0n) is 21.8. The van der Waals surface area contributed by atoms with Crippen LogP contribution < -0.4 is 20.9 Å². The van der Waals surface area contributed by atoms with Crippen molar-refractivity contribution in [2.45, 2.75) is 32.9 Å². The Morgan fingerprint density at radius 3 is 2.42 bits per heavy atom. The van der Waals surface area contributed by atoms with Gasteiger partial charge in [0.05, 0.1) is 5.56 Å². The molecule has 4 aromatic rings. The van der Waals surface area contributed by atoms with E-state index in [0.29, 0.717) is 35.2 Å². The van der Waals surface area contributed by atoms with Crippen molar-refractivity contribution in [2.24, 2.45) is 5.73 Å². The summed E-state index contributed by atoms with van der Waals surface area (Å²) in [5.74, 6) is 2.61. The monoisotopic (exact) mass is 512 g/mol. The number of amides is 1. The Labute approximate surface area is 222 Å². The molecular formula is C29H32N6O3. The second-order valence-electron chi connectivity index (χ2n) is 9.81. The fourth-order valence-electron chi connectivity index (χ4n) is 4.81. The second kappa shape index (κ2) is 10.5. The molecule has 0 aliphatic carbocycles. The number of nitrogens with two attached hydrogens (primary N) is 2. The smallest absolute Gasteiger partial charge is 0.253 e. The summed E-state index contributed by atoms with van der Waals surface area (Å²) in [6.45, 7) is 6.06. The van der Waals surface area contributed by atoms with Crippen LogP contribution in [0.15, 0.2) is 61.1 Å². The van der Waals surface area contributed by atoms with Crippen LogP contribution in [0.2, 0.25) is 0 Å². The van der Waals surface area contributed by atoms with E-state index in [4.69, 9.17) is 20.9 Å². The van der Waals surface area contributed by atoms with Crippen molar-refractivity contribution in [2.75, 3.05) is 25.9 Å². The van der Waals surface area contributed by atoms with Gasteiger partial charge in [0.15, 0.2) is 0 Å². The summed E-state index contributed by atoms with van der Waals surface area (Å²) in [6, 6.07) is 13.5. The van der Waals surface area contributed by atoms with E-state index in [9.17, 15) is 4.79 Å². The highest BCUT2D eigenvalue weighted by atomic mass is 16.5. The Morgan fingerprint density at radius 2 is 1.76 bits per heavy atom. The number of nitrogen functional groups attached to an aromatic ring is 1. The molecule has 1 aliphatic heterocycles. The Morgan fingerprint density at radius 1 is 1.05 bits per heavy atom. The number of likely N-dealkylation sites (N-methyl/N-ethyl adjacent to an activating group) is 1. The molecule has 3 heterocycles. The first-order valence-electron chi connectivity index (χ1n) is 12.6. The maximum atomic E-state index is 12.3. The number of benzene rings is 2. The third kappa shape index (κ3) is 5.47. The average Bonchev–Trinajstić information content (AvgIpc) is 3.46. The molecule has 38 heavy (non-hydrogen) atoms. The van der Waals surface area contributed by atoms with E-state index in [-0.39, 0.29) is 6.04 Å². The van der Waals surface area contributed by atoms with Gasteiger partial charge >= 0.3 is 0 Å². The zero-order valence-corrected chi connectivity index (χ0v) is 21.8. The minimum atomic E-state index is -0.535. The minimum absolute atomic E-state index is 0.214. The van der Waals surface area contributed by atoms with Gasteiger partial charge in [-0.1, -0.05) is 12.1 Å². The van der Waals surface area contributed by atoms with Crippen LogP contribution >= 0.6 is 0 Å². The molecule has 9 heteroatoms. The van der Waals surface area contributed by atoms with Gasteiger partial charge in [0.1, 0.15) is 35.5 Å². The summed E-state index contributed by atoms with van der Waals surface area (Å²) < 4.78 is 14.1. The van der Waals surface area contributed by atoms with Crippen LogP contribution in [0.4, 0.5) is 5.82 Å². The summed E-state index contributed by atoms with van der Waals surface area (Å²) in [4.78, 5) is 23.0. The van der Waals surface area contributed by atoms with E-state index in [1.807, 2.05) is 67.1 Å². The molecule has 0 unspecified atom stereocenters. The zero-order chi connectivity index (χ0) is 26.8. The lowest BCUT2D eigenvalue weighted by atomic mass is 10.0. The van der Waals surface area contributed by atoms with Gasteiger partial charge in [-0.15, -0.1) is 0 Å². The molecule has 9 nitrogen and oxygen atoms in total. The molecular weight excluding hydrogens is 480 g/mol. The molecule has 0 spiro atoms. The molecule has 1 aliphatic rings. The van der Waals surface area contributed by atoms with Crippen molar-refractivity contribution in [3.63, 3.8) is 0 Å². The van der Waals surface area contributed by atoms with Gasteiger partial charge in [0.25, 0.3) is 5.91 Å². The number of carbonyl (C=O) groups is 1. The predicted octanol–water partition coefficient (Wildman–Crippen LogP) is 4.49. The molecule has 1 fully saturated rings. The van der Waals surface area contributed by atoms with E-state index in [1.54, 1.807) is 12.4 Å². The van der Waals surface area contributed by atoms with Gasteiger partial charge in [-0.25, -0.2) is 9.97 Å². The van der Waals surface area contributed by atoms with Gasteiger partial charge in [-0.2, -0.15) is 0 Å². The van der Waals surface area contributed by atoms with Crippen LogP contribution in [0.5, 0.6) is 17.2 Å². The lowest BCUT2D eigenvalue weighted by molar-refractivity contribution is 0.100. The first-order chi connectivity index (χ1) is 18.3. The quantitative estimate of drug-likeness (QED) is 0.357. The predicted molar refractivity (Wildman–Crippen MR) is 146 cm³/mol. The van der Waals surface area contributed by atoms with Gasteiger partial charge in [0, 0.05) is 48.4 Å². The molecule has 1 atom stereocenters. The number of likely N-dealkylation sites (tertiary alicyclic amines) is 1. The number of anilines is 1. The molecule has 196 valence electrons. The first-order valence-corrected chi connectivity index (χ1v) is 12.6. The molecule has 2 aromatic carbocycles. The van der Waals surface area contributed by atoms with Crippen LogP contribution in [-0.2, 0) is 6.61 Å². The normalized spacial score (nSPS) is 15.5. The third-order valence-corrected chi connectivity index (χ3v) is 6.74. The number of rotatable bonds is 8. The topological polar surface area (TPSA) is 122 Å². The maximum absolute atomic E-state index is 12.3. The van der Waals surface area contributed by atoms with Gasteiger partial charge < -0.3 is 30.4 Å². The van der Waals surface area contributed by atoms with Gasteiger partial charge in [0.2, 0.25) is 0 Å². The van der Waals surface area contributed by atoms with Gasteiger partial charge in [-0.05, 0) is 69.3 Å². The number of aryl methyl sites for hydroxylation is 2. The summed E-state index contributed by atoms with van der Waals surface area (Å²) in [7, 11) is 2.08. The molecule has 0 bridgehead atoms. The third-order valence-electron chi connectivity index (χ3n) is 6.74. The van der Waals surface area contributed by atoms with Crippen LogP contribution in [0.3, 0.4) is 0 Å². The van der Waals surface area contributed by atoms with Crippen LogP contribution in [0, 0.1) is 13.8 Å². The van der Waals surface area contributed by atoms with Crippen molar-refractivity contribution in [1.29, 1.82) is 0 Å². The Kier molecular flexibility index (Phi) is 7.02. The molecule has 4 N–H and O–H groups in total. The number of carbonyl (C=O) groups excluding carboxylic acids is 1. The number of ether oxygens (including phenoxy) is 2. The van der Waals surface area contributed by atoms with Crippen molar-refractivity contribution in [3.8, 4) is 28.4 Å². The number of aromatic nitrogens is 3. The molecule has 1 amide bonds. The molecule has 5 rings (SSSR count). The maximum Gasteiger partial charge on any atom is 0.253 e. The highest BCUT2D eigenvalue weighted by molar-refractivity contribution is 6.04. The van der Waals surface area contributed by atoms with Crippen molar-refractivity contribution in [1.82, 2.24) is 19.4 Å². The van der Waals surface area contributed by atoms with E-state index < -0.39 is 5.91 Å². The highest BCUT2D eigenvalue weighted by Crippen LogP contribution is 2.36. The lowest BCUT2D eigenvalue weighted by Gasteiger charge is -2.14. The van der Waals surface area contributed by atoms with Gasteiger partial charge in [-0.3, -0.25) is 4.79 Å². The Hall–Kier alpha value is -4.37. The SMILES string of the molecule is Cc1cc(OCc2cnc(C)nc2)cc(Oc2ccc(-c3cn([C@@H]4CCN(C)C4)c(N)c3C(N)=O)cc2)c1. The molecule has 0 radical (unpaired) electrons. The number of primary amides is 1. The number of hydrogen-bond acceptors (Lipinski definition) is 7. The number of hydrogen-bond donors (Lipinski definition) is 2. The minimum Gasteiger partial charge on any atom is -0.489 e. The summed E-state index contributed by atoms with van der Waals surface area (Å²) in [6.07, 6.45) is 6.43. The molecule has 2 aromatic heterocycles. The standard InChI is InChI=1S/C29H32N6O3/c1-18-10-24(37-17-20-13-32-19(2)33-14-20)12-25(11-18)38-23-6-4-21(5-7-23)26-16-35(22-8-9-34(3)15-22)28(30)27(26)29(31)36/h4-7,10-14,16,22H,8-9,15,17,30H2,1-3H3,(H2,31,36)/t22-/m1/s1. The summed E-state index contributed by atoms with van der Waals surface area (Å²) in [5, 5.41) is 0. The summed E-state index contributed by atoms with van der Waals surface area (Å²) in [5.41, 5.74) is 16.0. The van der Waals surface area contributed by atoms with E-state index in [0.717, 1.165) is 47.6 Å². The van der Waals surface area contributed by atoms with E-state index in [1.165, 1.54) is 0 Å². The van der Waals surface area contributed by atoms with Crippen LogP contribution in [0.1, 0.15) is 39.8 Å². The van der Waals surface area contributed by atoms with E-state index >= 15 is 0 Å². The average molecular weight is 513 g/mol. The first kappa shape index (κ1) is 25.3. The van der Waals surface area contributed by atoms with E-state index in [2.05, 4.69) is 21.9 Å². The second-order valence-corrected chi connectivity index (χ2v) is 9.81. The Balaban J connectivity index is 1.33. The van der Waals surface area contributed by atoms with Crippen LogP contribution in [-0.4, -0.2) is 45.5 Å². The molecule has 1 saturated heterocycles. The van der Waals surface area contributed by atoms with Crippen molar-refractivity contribution >= 4 is 11.7 Å². The van der Waals surface area contributed by atoms with Crippen LogP contribution in [0.25, 0.3) is 11.1 Å². The van der Waals surface area contributed by atoms with Crippen molar-refractivity contribution < 1.29 is 14.3 Å². The fraction of sp³-hybridized carbons (Fsp3) is 0.276.